The molecular formula is C23H16F3N5O3. The Balaban J connectivity index is 1.55. The van der Waals surface area contributed by atoms with Crippen molar-refractivity contribution < 1.29 is 27.5 Å². The number of fused-ring (bicyclic) bond motifs is 2. The Kier molecular flexibility index (Phi) is 4.96. The van der Waals surface area contributed by atoms with Crippen LogP contribution >= 0.6 is 0 Å². The Morgan fingerprint density at radius 1 is 1.12 bits per heavy atom. The molecule has 0 unspecified atom stereocenters. The van der Waals surface area contributed by atoms with Crippen molar-refractivity contribution in [1.82, 2.24) is 14.8 Å². The first-order chi connectivity index (χ1) is 16.2. The van der Waals surface area contributed by atoms with Crippen LogP contribution in [0.25, 0.3) is 16.6 Å². The van der Waals surface area contributed by atoms with Crippen LogP contribution in [0, 0.1) is 0 Å². The summed E-state index contributed by atoms with van der Waals surface area (Å²) < 4.78 is 48.4. The number of hydrogen-bond donors (Lipinski definition) is 1. The Labute approximate surface area is 190 Å². The van der Waals surface area contributed by atoms with Gasteiger partial charge in [-0.15, -0.1) is 0 Å². The first-order valence-corrected chi connectivity index (χ1v) is 10.1. The zero-order valence-corrected chi connectivity index (χ0v) is 17.6. The zero-order chi connectivity index (χ0) is 24.0. The molecule has 172 valence electrons. The van der Waals surface area contributed by atoms with Crippen LogP contribution in [-0.4, -0.2) is 40.2 Å². The molecule has 0 saturated carbocycles. The molecule has 3 heterocycles. The summed E-state index contributed by atoms with van der Waals surface area (Å²) in [4.78, 5) is 30.3. The molecular weight excluding hydrogens is 451 g/mol. The van der Waals surface area contributed by atoms with Gasteiger partial charge in [0.2, 0.25) is 0 Å². The summed E-state index contributed by atoms with van der Waals surface area (Å²) in [7, 11) is 1.54. The minimum absolute atomic E-state index is 0.118. The number of carbonyl (C=O) groups excluding carboxylic acids is 2. The fraction of sp³-hybridized carbons (Fsp3) is 0.130. The summed E-state index contributed by atoms with van der Waals surface area (Å²) in [6, 6.07) is 12.4. The summed E-state index contributed by atoms with van der Waals surface area (Å²) in [5.74, 6) is -0.864. The predicted octanol–water partition coefficient (Wildman–Crippen LogP) is 4.05. The summed E-state index contributed by atoms with van der Waals surface area (Å²) >= 11 is 0. The van der Waals surface area contributed by atoms with Crippen LogP contribution < -0.4 is 15.0 Å². The highest BCUT2D eigenvalue weighted by atomic mass is 19.4. The third-order valence-electron chi connectivity index (χ3n) is 5.44. The first kappa shape index (κ1) is 21.4. The van der Waals surface area contributed by atoms with Gasteiger partial charge in [-0.05, 0) is 42.5 Å². The second-order valence-corrected chi connectivity index (χ2v) is 7.54. The molecule has 2 aromatic carbocycles. The fourth-order valence-corrected chi connectivity index (χ4v) is 3.79. The van der Waals surface area contributed by atoms with E-state index in [0.717, 1.165) is 6.20 Å². The van der Waals surface area contributed by atoms with Gasteiger partial charge in [0.25, 0.3) is 11.8 Å². The lowest BCUT2D eigenvalue weighted by Crippen LogP contribution is -2.35. The summed E-state index contributed by atoms with van der Waals surface area (Å²) in [6.45, 7) is -0.118. The second-order valence-electron chi connectivity index (χ2n) is 7.54. The van der Waals surface area contributed by atoms with Crippen molar-refractivity contribution in [3.05, 3.63) is 72.2 Å². The molecule has 0 aliphatic carbocycles. The Morgan fingerprint density at radius 2 is 1.94 bits per heavy atom. The highest BCUT2D eigenvalue weighted by molar-refractivity contribution is 6.06. The van der Waals surface area contributed by atoms with Gasteiger partial charge in [-0.3, -0.25) is 14.6 Å². The van der Waals surface area contributed by atoms with Gasteiger partial charge >= 0.3 is 6.18 Å². The number of benzene rings is 2. The van der Waals surface area contributed by atoms with Crippen LogP contribution in [0.15, 0.2) is 60.9 Å². The fourth-order valence-electron chi connectivity index (χ4n) is 3.79. The van der Waals surface area contributed by atoms with Gasteiger partial charge in [-0.2, -0.15) is 18.3 Å². The number of rotatable bonds is 3. The monoisotopic (exact) mass is 467 g/mol. The highest BCUT2D eigenvalue weighted by Gasteiger charge is 2.41. The zero-order valence-electron chi connectivity index (χ0n) is 17.6. The van der Waals surface area contributed by atoms with Crippen molar-refractivity contribution in [2.45, 2.75) is 6.18 Å². The van der Waals surface area contributed by atoms with Gasteiger partial charge in [0.1, 0.15) is 5.75 Å². The largest absolute Gasteiger partial charge is 0.482 e. The third-order valence-corrected chi connectivity index (χ3v) is 5.44. The van der Waals surface area contributed by atoms with Crippen LogP contribution in [0.2, 0.25) is 0 Å². The van der Waals surface area contributed by atoms with Crippen molar-refractivity contribution in [1.29, 1.82) is 0 Å². The number of nitrogens with one attached hydrogen (secondary N) is 1. The lowest BCUT2D eigenvalue weighted by atomic mass is 10.1. The summed E-state index contributed by atoms with van der Waals surface area (Å²) in [5.41, 5.74) is -0.637. The van der Waals surface area contributed by atoms with Gasteiger partial charge in [0.15, 0.2) is 12.3 Å². The van der Waals surface area contributed by atoms with E-state index in [4.69, 9.17) is 4.74 Å². The molecule has 11 heteroatoms. The van der Waals surface area contributed by atoms with E-state index >= 15 is 0 Å². The molecule has 0 atom stereocenters. The summed E-state index contributed by atoms with van der Waals surface area (Å²) in [6.07, 6.45) is -2.46. The predicted molar refractivity (Wildman–Crippen MR) is 117 cm³/mol. The normalized spacial score (nSPS) is 13.5. The molecule has 2 amide bonds. The standard InChI is InChI=1S/C23H16F3N5O3/c1-30-18-10-13(7-8-19(18)34-12-20(30)32)29-22(33)15-11-28-31(21(15)23(24,25)26)17-6-2-5-16-14(17)4-3-9-27-16/h2-11H,12H2,1H3,(H,29,33). The SMILES string of the molecule is CN1C(=O)COc2ccc(NC(=O)c3cnn(-c4cccc5ncccc45)c3C(F)(F)F)cc21. The Morgan fingerprint density at radius 3 is 2.74 bits per heavy atom. The smallest absolute Gasteiger partial charge is 0.434 e. The average Bonchev–Trinajstić information content (AvgIpc) is 3.27. The first-order valence-electron chi connectivity index (χ1n) is 10.1. The molecule has 0 radical (unpaired) electrons. The lowest BCUT2D eigenvalue weighted by molar-refractivity contribution is -0.143. The number of pyridine rings is 1. The van der Waals surface area contributed by atoms with Crippen molar-refractivity contribution in [2.75, 3.05) is 23.9 Å². The number of anilines is 2. The number of halogens is 3. The number of carbonyl (C=O) groups is 2. The number of ether oxygens (including phenoxy) is 1. The molecule has 2 aromatic heterocycles. The van der Waals surface area contributed by atoms with Gasteiger partial charge in [0, 0.05) is 24.3 Å². The molecule has 0 spiro atoms. The molecule has 8 nitrogen and oxygen atoms in total. The van der Waals surface area contributed by atoms with Gasteiger partial charge < -0.3 is 15.0 Å². The van der Waals surface area contributed by atoms with E-state index in [2.05, 4.69) is 15.4 Å². The second kappa shape index (κ2) is 7.87. The minimum atomic E-state index is -4.87. The van der Waals surface area contributed by atoms with Crippen LogP contribution in [0.4, 0.5) is 24.5 Å². The minimum Gasteiger partial charge on any atom is -0.482 e. The molecule has 0 fully saturated rings. The van der Waals surface area contributed by atoms with E-state index in [1.807, 2.05) is 0 Å². The van der Waals surface area contributed by atoms with Gasteiger partial charge in [-0.1, -0.05) is 6.07 Å². The Bertz CT molecular complexity index is 1440. The molecule has 1 aliphatic rings. The van der Waals surface area contributed by atoms with Crippen LogP contribution in [0.1, 0.15) is 16.1 Å². The van der Waals surface area contributed by atoms with Crippen molar-refractivity contribution in [3.63, 3.8) is 0 Å². The highest BCUT2D eigenvalue weighted by Crippen LogP contribution is 2.37. The van der Waals surface area contributed by atoms with Gasteiger partial charge in [-0.25, -0.2) is 4.68 Å². The molecule has 0 saturated heterocycles. The molecule has 5 rings (SSSR count). The van der Waals surface area contributed by atoms with Crippen LogP contribution in [0.3, 0.4) is 0 Å². The molecule has 34 heavy (non-hydrogen) atoms. The van der Waals surface area contributed by atoms with E-state index in [1.54, 1.807) is 31.3 Å². The quantitative estimate of drug-likeness (QED) is 0.491. The number of nitrogens with zero attached hydrogens (tertiary/aromatic N) is 4. The number of aromatic nitrogens is 3. The van der Waals surface area contributed by atoms with E-state index in [-0.39, 0.29) is 23.9 Å². The van der Waals surface area contributed by atoms with Crippen molar-refractivity contribution in [3.8, 4) is 11.4 Å². The van der Waals surface area contributed by atoms with Gasteiger partial charge in [0.05, 0.1) is 28.7 Å². The number of amides is 2. The number of likely N-dealkylation sites (N-methyl/N-ethyl adjacent to an activating group) is 1. The molecule has 4 aromatic rings. The molecule has 1 N–H and O–H groups in total. The Hall–Kier alpha value is -4.41. The van der Waals surface area contributed by atoms with Crippen LogP contribution in [-0.2, 0) is 11.0 Å². The lowest BCUT2D eigenvalue weighted by Gasteiger charge is -2.26. The van der Waals surface area contributed by atoms with Crippen molar-refractivity contribution in [2.24, 2.45) is 0 Å². The molecule has 1 aliphatic heterocycles. The average molecular weight is 467 g/mol. The van der Waals surface area contributed by atoms with E-state index in [1.165, 1.54) is 35.4 Å². The van der Waals surface area contributed by atoms with E-state index < -0.39 is 23.3 Å². The topological polar surface area (TPSA) is 89.4 Å². The summed E-state index contributed by atoms with van der Waals surface area (Å²) in [5, 5.41) is 6.80. The maximum atomic E-state index is 14.1. The van der Waals surface area contributed by atoms with E-state index in [9.17, 15) is 22.8 Å². The molecule has 0 bridgehead atoms. The maximum absolute atomic E-state index is 14.1. The van der Waals surface area contributed by atoms with Crippen molar-refractivity contribution >= 4 is 34.1 Å². The number of hydrogen-bond acceptors (Lipinski definition) is 5. The number of alkyl halides is 3. The van der Waals surface area contributed by atoms with E-state index in [0.29, 0.717) is 27.0 Å². The third kappa shape index (κ3) is 3.60. The van der Waals surface area contributed by atoms with Crippen LogP contribution in [0.5, 0.6) is 5.75 Å². The maximum Gasteiger partial charge on any atom is 0.434 e.